The van der Waals surface area contributed by atoms with Gasteiger partial charge in [-0.05, 0) is 51.5 Å². The van der Waals surface area contributed by atoms with Crippen molar-refractivity contribution in [3.63, 3.8) is 0 Å². The van der Waals surface area contributed by atoms with Gasteiger partial charge in [0.1, 0.15) is 0 Å². The van der Waals surface area contributed by atoms with E-state index >= 15 is 0 Å². The predicted octanol–water partition coefficient (Wildman–Crippen LogP) is 3.24. The SMILES string of the molecule is Cc1ccc2cc(C(=O)CCC(C)(C)N)ccc2n1. The number of ketones is 1. The Morgan fingerprint density at radius 1 is 1.26 bits per heavy atom. The van der Waals surface area contributed by atoms with E-state index in [0.717, 1.165) is 22.2 Å². The zero-order valence-corrected chi connectivity index (χ0v) is 11.7. The minimum absolute atomic E-state index is 0.140. The van der Waals surface area contributed by atoms with Crippen molar-refractivity contribution in [1.29, 1.82) is 0 Å². The second kappa shape index (κ2) is 5.10. The van der Waals surface area contributed by atoms with Crippen LogP contribution >= 0.6 is 0 Å². The van der Waals surface area contributed by atoms with Crippen molar-refractivity contribution in [2.75, 3.05) is 0 Å². The van der Waals surface area contributed by atoms with Crippen molar-refractivity contribution in [1.82, 2.24) is 4.98 Å². The molecule has 3 heteroatoms. The average Bonchev–Trinajstić information content (AvgIpc) is 2.34. The fourth-order valence-electron chi connectivity index (χ4n) is 1.98. The molecule has 0 bridgehead atoms. The molecule has 3 nitrogen and oxygen atoms in total. The van der Waals surface area contributed by atoms with Crippen LogP contribution in [-0.4, -0.2) is 16.3 Å². The highest BCUT2D eigenvalue weighted by Crippen LogP contribution is 2.17. The largest absolute Gasteiger partial charge is 0.326 e. The lowest BCUT2D eigenvalue weighted by molar-refractivity contribution is 0.0972. The van der Waals surface area contributed by atoms with E-state index in [1.54, 1.807) is 0 Å². The van der Waals surface area contributed by atoms with Crippen LogP contribution in [-0.2, 0) is 0 Å². The van der Waals surface area contributed by atoms with Crippen LogP contribution in [0, 0.1) is 6.92 Å². The smallest absolute Gasteiger partial charge is 0.162 e. The maximum absolute atomic E-state index is 12.1. The van der Waals surface area contributed by atoms with Crippen molar-refractivity contribution >= 4 is 16.7 Å². The predicted molar refractivity (Wildman–Crippen MR) is 78.3 cm³/mol. The van der Waals surface area contributed by atoms with Gasteiger partial charge < -0.3 is 5.73 Å². The highest BCUT2D eigenvalue weighted by molar-refractivity contribution is 5.99. The van der Waals surface area contributed by atoms with Crippen LogP contribution in [0.4, 0.5) is 0 Å². The Morgan fingerprint density at radius 3 is 2.68 bits per heavy atom. The van der Waals surface area contributed by atoms with Gasteiger partial charge in [-0.2, -0.15) is 0 Å². The Labute approximate surface area is 113 Å². The van der Waals surface area contributed by atoms with Crippen LogP contribution in [0.3, 0.4) is 0 Å². The molecule has 0 aliphatic heterocycles. The monoisotopic (exact) mass is 256 g/mol. The van der Waals surface area contributed by atoms with Crippen molar-refractivity contribution < 1.29 is 4.79 Å². The standard InChI is InChI=1S/C16H20N2O/c1-11-4-5-12-10-13(6-7-14(12)18-11)15(19)8-9-16(2,3)17/h4-7,10H,8-9,17H2,1-3H3. The van der Waals surface area contributed by atoms with Gasteiger partial charge in [0.25, 0.3) is 0 Å². The third-order valence-electron chi connectivity index (χ3n) is 3.15. The topological polar surface area (TPSA) is 56.0 Å². The quantitative estimate of drug-likeness (QED) is 0.854. The van der Waals surface area contributed by atoms with Crippen LogP contribution in [0.25, 0.3) is 10.9 Å². The molecule has 19 heavy (non-hydrogen) atoms. The summed E-state index contributed by atoms with van der Waals surface area (Å²) in [6.45, 7) is 5.84. The summed E-state index contributed by atoms with van der Waals surface area (Å²) in [5, 5.41) is 1.00. The Balaban J connectivity index is 2.21. The molecule has 0 amide bonds. The molecule has 0 unspecified atom stereocenters. The van der Waals surface area contributed by atoms with Crippen molar-refractivity contribution in [3.8, 4) is 0 Å². The molecule has 0 fully saturated rings. The van der Waals surface area contributed by atoms with Gasteiger partial charge in [-0.15, -0.1) is 0 Å². The summed E-state index contributed by atoms with van der Waals surface area (Å²) in [7, 11) is 0. The molecule has 0 saturated carbocycles. The molecular formula is C16H20N2O. The first-order valence-corrected chi connectivity index (χ1v) is 6.55. The van der Waals surface area contributed by atoms with Gasteiger partial charge in [0, 0.05) is 28.6 Å². The number of carbonyl (C=O) groups is 1. The van der Waals surface area contributed by atoms with Crippen LogP contribution < -0.4 is 5.73 Å². The van der Waals surface area contributed by atoms with Crippen LogP contribution in [0.5, 0.6) is 0 Å². The zero-order valence-electron chi connectivity index (χ0n) is 11.7. The van der Waals surface area contributed by atoms with E-state index in [1.807, 2.05) is 51.1 Å². The summed E-state index contributed by atoms with van der Waals surface area (Å²) in [4.78, 5) is 16.6. The summed E-state index contributed by atoms with van der Waals surface area (Å²) >= 11 is 0. The average molecular weight is 256 g/mol. The van der Waals surface area contributed by atoms with Crippen molar-refractivity contribution in [2.45, 2.75) is 39.2 Å². The number of pyridine rings is 1. The van der Waals surface area contributed by atoms with Gasteiger partial charge in [-0.1, -0.05) is 6.07 Å². The molecule has 1 aromatic carbocycles. The van der Waals surface area contributed by atoms with Crippen molar-refractivity contribution in [3.05, 3.63) is 41.6 Å². The molecule has 0 atom stereocenters. The fraction of sp³-hybridized carbons (Fsp3) is 0.375. The Morgan fingerprint density at radius 2 is 2.00 bits per heavy atom. The first-order chi connectivity index (χ1) is 8.85. The number of carbonyl (C=O) groups excluding carboxylic acids is 1. The molecule has 0 aliphatic rings. The van der Waals surface area contributed by atoms with Gasteiger partial charge in [0.2, 0.25) is 0 Å². The number of benzene rings is 1. The Bertz CT molecular complexity index is 612. The highest BCUT2D eigenvalue weighted by atomic mass is 16.1. The molecule has 0 radical (unpaired) electrons. The molecule has 2 aromatic rings. The zero-order chi connectivity index (χ0) is 14.0. The first kappa shape index (κ1) is 13.7. The lowest BCUT2D eigenvalue weighted by Gasteiger charge is -2.17. The molecule has 0 spiro atoms. The minimum Gasteiger partial charge on any atom is -0.326 e. The molecule has 1 aromatic heterocycles. The summed E-state index contributed by atoms with van der Waals surface area (Å²) in [6.07, 6.45) is 1.17. The molecule has 0 saturated heterocycles. The lowest BCUT2D eigenvalue weighted by Crippen LogP contribution is -2.32. The van der Waals surface area contributed by atoms with E-state index in [4.69, 9.17) is 5.73 Å². The van der Waals surface area contributed by atoms with E-state index in [2.05, 4.69) is 4.98 Å². The Hall–Kier alpha value is -1.74. The maximum atomic E-state index is 12.1. The van der Waals surface area contributed by atoms with E-state index < -0.39 is 0 Å². The number of aromatic nitrogens is 1. The van der Waals surface area contributed by atoms with Gasteiger partial charge in [0.05, 0.1) is 5.52 Å². The number of nitrogens with two attached hydrogens (primary N) is 1. The number of Topliss-reactive ketones (excluding diaryl/α,β-unsaturated/α-hetero) is 1. The third kappa shape index (κ3) is 3.61. The number of hydrogen-bond acceptors (Lipinski definition) is 3. The summed E-state index contributed by atoms with van der Waals surface area (Å²) in [5.74, 6) is 0.140. The second-order valence-corrected chi connectivity index (χ2v) is 5.77. The number of rotatable bonds is 4. The number of hydrogen-bond donors (Lipinski definition) is 1. The molecule has 100 valence electrons. The van der Waals surface area contributed by atoms with Gasteiger partial charge in [-0.3, -0.25) is 9.78 Å². The Kier molecular flexibility index (Phi) is 3.67. The van der Waals surface area contributed by atoms with E-state index in [0.29, 0.717) is 12.8 Å². The third-order valence-corrected chi connectivity index (χ3v) is 3.15. The van der Waals surface area contributed by atoms with Gasteiger partial charge in [0.15, 0.2) is 5.78 Å². The summed E-state index contributed by atoms with van der Waals surface area (Å²) in [6, 6.07) is 9.62. The molecule has 2 rings (SSSR count). The first-order valence-electron chi connectivity index (χ1n) is 6.55. The fourth-order valence-corrected chi connectivity index (χ4v) is 1.98. The van der Waals surface area contributed by atoms with E-state index in [-0.39, 0.29) is 11.3 Å². The normalized spacial score (nSPS) is 11.8. The molecule has 1 heterocycles. The molecule has 2 N–H and O–H groups in total. The van der Waals surface area contributed by atoms with Crippen molar-refractivity contribution in [2.24, 2.45) is 5.73 Å². The minimum atomic E-state index is -0.300. The summed E-state index contributed by atoms with van der Waals surface area (Å²) in [5.41, 5.74) is 8.25. The van der Waals surface area contributed by atoms with E-state index in [1.165, 1.54) is 0 Å². The highest BCUT2D eigenvalue weighted by Gasteiger charge is 2.14. The molecular weight excluding hydrogens is 236 g/mol. The van der Waals surface area contributed by atoms with Crippen LogP contribution in [0.2, 0.25) is 0 Å². The van der Waals surface area contributed by atoms with E-state index in [9.17, 15) is 4.79 Å². The van der Waals surface area contributed by atoms with Gasteiger partial charge in [-0.25, -0.2) is 0 Å². The van der Waals surface area contributed by atoms with Crippen LogP contribution in [0.15, 0.2) is 30.3 Å². The number of fused-ring (bicyclic) bond motifs is 1. The lowest BCUT2D eigenvalue weighted by atomic mass is 9.95. The number of nitrogens with zero attached hydrogens (tertiary/aromatic N) is 1. The molecule has 0 aliphatic carbocycles. The summed E-state index contributed by atoms with van der Waals surface area (Å²) < 4.78 is 0. The number of aryl methyl sites for hydroxylation is 1. The second-order valence-electron chi connectivity index (χ2n) is 5.77. The van der Waals surface area contributed by atoms with Crippen LogP contribution in [0.1, 0.15) is 42.7 Å². The maximum Gasteiger partial charge on any atom is 0.162 e. The van der Waals surface area contributed by atoms with Gasteiger partial charge >= 0.3 is 0 Å².